The second-order valence-electron chi connectivity index (χ2n) is 6.61. The van der Waals surface area contributed by atoms with E-state index < -0.39 is 23.6 Å². The maximum absolute atomic E-state index is 12.7. The molecule has 0 aliphatic carbocycles. The van der Waals surface area contributed by atoms with E-state index in [4.69, 9.17) is 5.73 Å². The standard InChI is InChI=1S/C21H17N5O4/c1-2-25-11-16(17(24-25)18(22)27)23-19(28)12-6-5-7-13(10-12)26-20(29)14-8-3-4-9-15(14)21(26)30/h3-11H,2H2,1H3,(H2,22,27)(H,23,28). The van der Waals surface area contributed by atoms with E-state index in [9.17, 15) is 19.2 Å². The minimum absolute atomic E-state index is 0.0540. The zero-order valence-electron chi connectivity index (χ0n) is 16.0. The van der Waals surface area contributed by atoms with Gasteiger partial charge in [0.25, 0.3) is 23.6 Å². The van der Waals surface area contributed by atoms with Crippen molar-refractivity contribution in [2.24, 2.45) is 5.73 Å². The smallest absolute Gasteiger partial charge is 0.271 e. The summed E-state index contributed by atoms with van der Waals surface area (Å²) in [5.41, 5.74) is 6.56. The number of aryl methyl sites for hydroxylation is 1. The Morgan fingerprint density at radius 1 is 1.03 bits per heavy atom. The number of fused-ring (bicyclic) bond motifs is 1. The summed E-state index contributed by atoms with van der Waals surface area (Å²) < 4.78 is 1.48. The van der Waals surface area contributed by atoms with Gasteiger partial charge >= 0.3 is 0 Å². The predicted molar refractivity (Wildman–Crippen MR) is 108 cm³/mol. The number of primary amides is 1. The zero-order chi connectivity index (χ0) is 21.4. The molecule has 9 heteroatoms. The van der Waals surface area contributed by atoms with Crippen LogP contribution >= 0.6 is 0 Å². The Kier molecular flexibility index (Phi) is 4.63. The van der Waals surface area contributed by atoms with E-state index >= 15 is 0 Å². The highest BCUT2D eigenvalue weighted by Crippen LogP contribution is 2.29. The summed E-state index contributed by atoms with van der Waals surface area (Å²) in [5.74, 6) is -2.20. The third-order valence-electron chi connectivity index (χ3n) is 4.73. The molecule has 0 spiro atoms. The first-order valence-corrected chi connectivity index (χ1v) is 9.17. The van der Waals surface area contributed by atoms with Gasteiger partial charge in [-0.15, -0.1) is 0 Å². The monoisotopic (exact) mass is 403 g/mol. The molecule has 2 aromatic carbocycles. The summed E-state index contributed by atoms with van der Waals surface area (Å²) in [6.45, 7) is 2.32. The predicted octanol–water partition coefficient (Wildman–Crippen LogP) is 2.05. The lowest BCUT2D eigenvalue weighted by Crippen LogP contribution is -2.29. The Hall–Kier alpha value is -4.27. The van der Waals surface area contributed by atoms with E-state index in [0.717, 1.165) is 4.90 Å². The first-order chi connectivity index (χ1) is 14.4. The molecule has 1 aliphatic heterocycles. The van der Waals surface area contributed by atoms with Gasteiger partial charge in [-0.3, -0.25) is 23.9 Å². The first-order valence-electron chi connectivity index (χ1n) is 9.17. The normalized spacial score (nSPS) is 12.8. The zero-order valence-corrected chi connectivity index (χ0v) is 16.0. The highest BCUT2D eigenvalue weighted by molar-refractivity contribution is 6.34. The van der Waals surface area contributed by atoms with E-state index in [2.05, 4.69) is 10.4 Å². The van der Waals surface area contributed by atoms with Gasteiger partial charge < -0.3 is 11.1 Å². The van der Waals surface area contributed by atoms with Crippen LogP contribution in [0.5, 0.6) is 0 Å². The molecule has 2 heterocycles. The Morgan fingerprint density at radius 3 is 2.30 bits per heavy atom. The third kappa shape index (κ3) is 3.12. The van der Waals surface area contributed by atoms with Crippen LogP contribution in [0.4, 0.5) is 11.4 Å². The van der Waals surface area contributed by atoms with Crippen molar-refractivity contribution in [3.05, 3.63) is 77.1 Å². The summed E-state index contributed by atoms with van der Waals surface area (Å²) in [4.78, 5) is 50.7. The van der Waals surface area contributed by atoms with E-state index in [1.807, 2.05) is 6.92 Å². The van der Waals surface area contributed by atoms with E-state index in [-0.39, 0.29) is 22.6 Å². The average Bonchev–Trinajstić information content (AvgIpc) is 3.27. The van der Waals surface area contributed by atoms with Crippen molar-refractivity contribution in [3.8, 4) is 0 Å². The van der Waals surface area contributed by atoms with Crippen molar-refractivity contribution < 1.29 is 19.2 Å². The first kappa shape index (κ1) is 19.1. The fraction of sp³-hybridized carbons (Fsp3) is 0.0952. The number of hydrogen-bond acceptors (Lipinski definition) is 5. The van der Waals surface area contributed by atoms with Crippen LogP contribution in [0.15, 0.2) is 54.7 Å². The minimum Gasteiger partial charge on any atom is -0.364 e. The Bertz CT molecular complexity index is 1180. The van der Waals surface area contributed by atoms with Crippen LogP contribution in [0.2, 0.25) is 0 Å². The molecule has 4 amide bonds. The van der Waals surface area contributed by atoms with Gasteiger partial charge in [-0.05, 0) is 37.3 Å². The van der Waals surface area contributed by atoms with Gasteiger partial charge in [-0.1, -0.05) is 18.2 Å². The average molecular weight is 403 g/mol. The number of carbonyl (C=O) groups excluding carboxylic acids is 4. The molecule has 0 saturated heterocycles. The molecule has 150 valence electrons. The quantitative estimate of drug-likeness (QED) is 0.630. The number of rotatable bonds is 5. The summed E-state index contributed by atoms with van der Waals surface area (Å²) in [6.07, 6.45) is 1.51. The number of carbonyl (C=O) groups is 4. The minimum atomic E-state index is -0.766. The van der Waals surface area contributed by atoms with E-state index in [0.29, 0.717) is 17.7 Å². The molecule has 1 aliphatic rings. The van der Waals surface area contributed by atoms with Crippen molar-refractivity contribution in [2.45, 2.75) is 13.5 Å². The molecule has 0 fully saturated rings. The molecular formula is C21H17N5O4. The maximum Gasteiger partial charge on any atom is 0.271 e. The second kappa shape index (κ2) is 7.28. The van der Waals surface area contributed by atoms with Gasteiger partial charge in [-0.25, -0.2) is 4.90 Å². The van der Waals surface area contributed by atoms with Crippen LogP contribution in [0.3, 0.4) is 0 Å². The highest BCUT2D eigenvalue weighted by Gasteiger charge is 2.36. The number of amides is 4. The van der Waals surface area contributed by atoms with Crippen LogP contribution in [0.1, 0.15) is 48.5 Å². The largest absolute Gasteiger partial charge is 0.364 e. The lowest BCUT2D eigenvalue weighted by atomic mass is 10.1. The number of anilines is 2. The second-order valence-corrected chi connectivity index (χ2v) is 6.61. The lowest BCUT2D eigenvalue weighted by molar-refractivity contribution is 0.0922. The van der Waals surface area contributed by atoms with Gasteiger partial charge in [0.15, 0.2) is 5.69 Å². The molecule has 0 saturated carbocycles. The van der Waals surface area contributed by atoms with Crippen molar-refractivity contribution in [3.63, 3.8) is 0 Å². The molecular weight excluding hydrogens is 386 g/mol. The fourth-order valence-corrected chi connectivity index (χ4v) is 3.26. The molecule has 3 aromatic rings. The Balaban J connectivity index is 1.63. The SMILES string of the molecule is CCn1cc(NC(=O)c2cccc(N3C(=O)c4ccccc4C3=O)c2)c(C(N)=O)n1. The fourth-order valence-electron chi connectivity index (χ4n) is 3.26. The number of nitrogens with one attached hydrogen (secondary N) is 1. The van der Waals surface area contributed by atoms with Gasteiger partial charge in [0.1, 0.15) is 0 Å². The van der Waals surface area contributed by atoms with Crippen molar-refractivity contribution in [2.75, 3.05) is 10.2 Å². The van der Waals surface area contributed by atoms with Gasteiger partial charge in [0, 0.05) is 18.3 Å². The van der Waals surface area contributed by atoms with Crippen molar-refractivity contribution >= 4 is 35.0 Å². The molecule has 0 unspecified atom stereocenters. The Morgan fingerprint density at radius 2 is 1.70 bits per heavy atom. The van der Waals surface area contributed by atoms with Crippen molar-refractivity contribution in [1.29, 1.82) is 0 Å². The van der Waals surface area contributed by atoms with Gasteiger partial charge in [0.2, 0.25) is 0 Å². The highest BCUT2D eigenvalue weighted by atomic mass is 16.2. The van der Waals surface area contributed by atoms with E-state index in [1.165, 1.54) is 23.0 Å². The van der Waals surface area contributed by atoms with Crippen LogP contribution in [0.25, 0.3) is 0 Å². The van der Waals surface area contributed by atoms with E-state index in [1.54, 1.807) is 36.4 Å². The molecule has 0 atom stereocenters. The van der Waals surface area contributed by atoms with Crippen molar-refractivity contribution in [1.82, 2.24) is 9.78 Å². The number of nitrogens with zero attached hydrogens (tertiary/aromatic N) is 3. The molecule has 9 nitrogen and oxygen atoms in total. The van der Waals surface area contributed by atoms with Gasteiger partial charge in [-0.2, -0.15) is 5.10 Å². The Labute approximate surface area is 171 Å². The summed E-state index contributed by atoms with van der Waals surface area (Å²) >= 11 is 0. The molecule has 0 radical (unpaired) electrons. The third-order valence-corrected chi connectivity index (χ3v) is 4.73. The molecule has 1 aromatic heterocycles. The lowest BCUT2D eigenvalue weighted by Gasteiger charge is -2.15. The van der Waals surface area contributed by atoms with Gasteiger partial charge in [0.05, 0.1) is 22.5 Å². The van der Waals surface area contributed by atoms with Crippen LogP contribution < -0.4 is 16.0 Å². The number of hydrogen-bond donors (Lipinski definition) is 2. The summed E-state index contributed by atoms with van der Waals surface area (Å²) in [7, 11) is 0. The molecule has 3 N–H and O–H groups in total. The number of nitrogens with two attached hydrogens (primary N) is 1. The topological polar surface area (TPSA) is 127 Å². The summed E-state index contributed by atoms with van der Waals surface area (Å²) in [6, 6.07) is 12.6. The number of benzene rings is 2. The van der Waals surface area contributed by atoms with Crippen LogP contribution in [-0.4, -0.2) is 33.4 Å². The van der Waals surface area contributed by atoms with Crippen LogP contribution in [-0.2, 0) is 6.54 Å². The number of aromatic nitrogens is 2. The number of imide groups is 1. The molecule has 30 heavy (non-hydrogen) atoms. The summed E-state index contributed by atoms with van der Waals surface area (Å²) in [5, 5.41) is 6.64. The van der Waals surface area contributed by atoms with Crippen LogP contribution in [0, 0.1) is 0 Å². The molecule has 0 bridgehead atoms. The molecule has 4 rings (SSSR count). The maximum atomic E-state index is 12.7.